The topological polar surface area (TPSA) is 73.4 Å². The SMILES string of the molecule is O=C1Nc2ccccc2C1=CNc1ccc(NCCO)c(C(F)(F)F)c1. The molecular formula is C18H16F3N3O2. The molecule has 0 saturated carbocycles. The van der Waals surface area contributed by atoms with Crippen molar-refractivity contribution in [3.8, 4) is 0 Å². The molecule has 8 heteroatoms. The second kappa shape index (κ2) is 7.09. The van der Waals surface area contributed by atoms with Crippen molar-refractivity contribution in [1.82, 2.24) is 0 Å². The molecule has 2 aromatic carbocycles. The van der Waals surface area contributed by atoms with E-state index in [1.807, 2.05) is 0 Å². The smallest absolute Gasteiger partial charge is 0.395 e. The largest absolute Gasteiger partial charge is 0.418 e. The first-order valence-corrected chi connectivity index (χ1v) is 7.83. The van der Waals surface area contributed by atoms with Crippen molar-refractivity contribution in [2.24, 2.45) is 0 Å². The molecule has 0 radical (unpaired) electrons. The van der Waals surface area contributed by atoms with E-state index >= 15 is 0 Å². The summed E-state index contributed by atoms with van der Waals surface area (Å²) in [5, 5.41) is 16.8. The fourth-order valence-electron chi connectivity index (χ4n) is 2.65. The number of hydrogen-bond donors (Lipinski definition) is 4. The van der Waals surface area contributed by atoms with Crippen LogP contribution in [0.25, 0.3) is 5.57 Å². The van der Waals surface area contributed by atoms with Crippen molar-refractivity contribution in [1.29, 1.82) is 0 Å². The molecule has 1 amide bonds. The molecule has 4 N–H and O–H groups in total. The number of aliphatic hydroxyl groups excluding tert-OH is 1. The number of amides is 1. The molecule has 0 fully saturated rings. The zero-order valence-electron chi connectivity index (χ0n) is 13.5. The molecule has 0 bridgehead atoms. The van der Waals surface area contributed by atoms with Crippen molar-refractivity contribution in [3.63, 3.8) is 0 Å². The molecule has 1 aliphatic rings. The normalized spacial score (nSPS) is 14.9. The van der Waals surface area contributed by atoms with Crippen LogP contribution in [0.5, 0.6) is 0 Å². The van der Waals surface area contributed by atoms with Crippen LogP contribution in [0.4, 0.5) is 30.2 Å². The van der Waals surface area contributed by atoms with Gasteiger partial charge in [-0.3, -0.25) is 4.79 Å². The van der Waals surface area contributed by atoms with Crippen molar-refractivity contribution in [2.75, 3.05) is 29.1 Å². The van der Waals surface area contributed by atoms with E-state index in [4.69, 9.17) is 5.11 Å². The summed E-state index contributed by atoms with van der Waals surface area (Å²) < 4.78 is 39.7. The summed E-state index contributed by atoms with van der Waals surface area (Å²) in [5.41, 5.74) is 0.903. The maximum Gasteiger partial charge on any atom is 0.418 e. The lowest BCUT2D eigenvalue weighted by Crippen LogP contribution is -2.13. The zero-order chi connectivity index (χ0) is 18.7. The molecule has 2 aromatic rings. The number of benzene rings is 2. The predicted molar refractivity (Wildman–Crippen MR) is 93.7 cm³/mol. The Morgan fingerprint density at radius 2 is 1.92 bits per heavy atom. The zero-order valence-corrected chi connectivity index (χ0v) is 13.5. The van der Waals surface area contributed by atoms with Crippen LogP contribution in [-0.4, -0.2) is 24.2 Å². The highest BCUT2D eigenvalue weighted by Crippen LogP contribution is 2.37. The molecule has 0 aromatic heterocycles. The minimum Gasteiger partial charge on any atom is -0.395 e. The van der Waals surface area contributed by atoms with Crippen molar-refractivity contribution in [2.45, 2.75) is 6.18 Å². The fraction of sp³-hybridized carbons (Fsp3) is 0.167. The fourth-order valence-corrected chi connectivity index (χ4v) is 2.65. The van der Waals surface area contributed by atoms with Crippen molar-refractivity contribution in [3.05, 3.63) is 59.8 Å². The van der Waals surface area contributed by atoms with Gasteiger partial charge in [-0.25, -0.2) is 0 Å². The molecule has 5 nitrogen and oxygen atoms in total. The van der Waals surface area contributed by atoms with Crippen molar-refractivity contribution < 1.29 is 23.1 Å². The lowest BCUT2D eigenvalue weighted by atomic mass is 10.1. The average molecular weight is 363 g/mol. The molecule has 1 aliphatic heterocycles. The minimum absolute atomic E-state index is 0.0108. The molecule has 0 atom stereocenters. The van der Waals surface area contributed by atoms with Gasteiger partial charge in [-0.05, 0) is 24.3 Å². The first-order chi connectivity index (χ1) is 12.4. The van der Waals surface area contributed by atoms with Gasteiger partial charge in [-0.15, -0.1) is 0 Å². The average Bonchev–Trinajstić information content (AvgIpc) is 2.93. The maximum atomic E-state index is 13.2. The van der Waals surface area contributed by atoms with E-state index in [1.54, 1.807) is 24.3 Å². The van der Waals surface area contributed by atoms with Gasteiger partial charge in [0.15, 0.2) is 0 Å². The molecule has 1 heterocycles. The van der Waals surface area contributed by atoms with Gasteiger partial charge in [0, 0.05) is 35.4 Å². The standard InChI is InChI=1S/C18H16F3N3O2/c19-18(20,21)14-9-11(5-6-16(14)22-7-8-25)23-10-13-12-3-1-2-4-15(12)24-17(13)26/h1-6,9-10,22-23,25H,7-8H2,(H,24,26). The first-order valence-electron chi connectivity index (χ1n) is 7.83. The Morgan fingerprint density at radius 1 is 1.15 bits per heavy atom. The molecule has 26 heavy (non-hydrogen) atoms. The summed E-state index contributed by atoms with van der Waals surface area (Å²) in [6.45, 7) is -0.269. The van der Waals surface area contributed by atoms with E-state index in [0.717, 1.165) is 6.07 Å². The summed E-state index contributed by atoms with van der Waals surface area (Å²) in [4.78, 5) is 12.0. The number of alkyl halides is 3. The third kappa shape index (κ3) is 3.65. The molecule has 0 aliphatic carbocycles. The summed E-state index contributed by atoms with van der Waals surface area (Å²) in [6.07, 6.45) is -3.17. The number of para-hydroxylation sites is 1. The molecule has 3 rings (SSSR count). The van der Waals surface area contributed by atoms with Crippen LogP contribution in [0.3, 0.4) is 0 Å². The number of carbonyl (C=O) groups is 1. The van der Waals surface area contributed by atoms with Crippen LogP contribution in [0.15, 0.2) is 48.7 Å². The summed E-state index contributed by atoms with van der Waals surface area (Å²) in [5.74, 6) is -0.323. The lowest BCUT2D eigenvalue weighted by Gasteiger charge is -2.15. The second-order valence-electron chi connectivity index (χ2n) is 5.61. The Hall–Kier alpha value is -3.00. The molecular weight excluding hydrogens is 347 g/mol. The van der Waals surface area contributed by atoms with Crippen LogP contribution in [0, 0.1) is 0 Å². The van der Waals surface area contributed by atoms with Crippen LogP contribution in [-0.2, 0) is 11.0 Å². The van der Waals surface area contributed by atoms with Gasteiger partial charge in [0.1, 0.15) is 0 Å². The third-order valence-electron chi connectivity index (χ3n) is 3.85. The number of rotatable bonds is 5. The predicted octanol–water partition coefficient (Wildman–Crippen LogP) is 3.51. The van der Waals surface area contributed by atoms with Gasteiger partial charge in [0.05, 0.1) is 17.7 Å². The Labute approximate surface area is 147 Å². The van der Waals surface area contributed by atoms with Gasteiger partial charge in [0.2, 0.25) is 0 Å². The summed E-state index contributed by atoms with van der Waals surface area (Å²) in [6, 6.07) is 10.8. The van der Waals surface area contributed by atoms with Crippen LogP contribution >= 0.6 is 0 Å². The molecule has 0 saturated heterocycles. The van der Waals surface area contributed by atoms with Gasteiger partial charge in [-0.1, -0.05) is 18.2 Å². The highest BCUT2D eigenvalue weighted by molar-refractivity contribution is 6.31. The number of anilines is 3. The number of halogens is 3. The molecule has 0 unspecified atom stereocenters. The monoisotopic (exact) mass is 363 g/mol. The second-order valence-corrected chi connectivity index (χ2v) is 5.61. The van der Waals surface area contributed by atoms with Gasteiger partial charge < -0.3 is 21.1 Å². The highest BCUT2D eigenvalue weighted by atomic mass is 19.4. The first kappa shape index (κ1) is 17.8. The van der Waals surface area contributed by atoms with E-state index in [0.29, 0.717) is 16.8 Å². The van der Waals surface area contributed by atoms with E-state index in [9.17, 15) is 18.0 Å². The number of fused-ring (bicyclic) bond motifs is 1. The van der Waals surface area contributed by atoms with E-state index in [1.165, 1.54) is 18.3 Å². The van der Waals surface area contributed by atoms with Gasteiger partial charge in [0.25, 0.3) is 5.91 Å². The minimum atomic E-state index is -4.56. The van der Waals surface area contributed by atoms with E-state index in [2.05, 4.69) is 16.0 Å². The number of hydrogen-bond acceptors (Lipinski definition) is 4. The van der Waals surface area contributed by atoms with Crippen LogP contribution < -0.4 is 16.0 Å². The maximum absolute atomic E-state index is 13.2. The van der Waals surface area contributed by atoms with E-state index < -0.39 is 11.7 Å². The number of nitrogens with one attached hydrogen (secondary N) is 3. The van der Waals surface area contributed by atoms with Gasteiger partial charge >= 0.3 is 6.18 Å². The Morgan fingerprint density at radius 3 is 2.65 bits per heavy atom. The van der Waals surface area contributed by atoms with Crippen LogP contribution in [0.2, 0.25) is 0 Å². The molecule has 0 spiro atoms. The number of carbonyl (C=O) groups excluding carboxylic acids is 1. The highest BCUT2D eigenvalue weighted by Gasteiger charge is 2.33. The van der Waals surface area contributed by atoms with Crippen LogP contribution in [0.1, 0.15) is 11.1 Å². The van der Waals surface area contributed by atoms with Crippen molar-refractivity contribution >= 4 is 28.5 Å². The quantitative estimate of drug-likeness (QED) is 0.614. The Balaban J connectivity index is 1.88. The van der Waals surface area contributed by atoms with E-state index in [-0.39, 0.29) is 30.4 Å². The summed E-state index contributed by atoms with van der Waals surface area (Å²) >= 11 is 0. The number of aliphatic hydroxyl groups is 1. The Bertz CT molecular complexity index is 863. The Kier molecular flexibility index (Phi) is 4.85. The summed E-state index contributed by atoms with van der Waals surface area (Å²) in [7, 11) is 0. The lowest BCUT2D eigenvalue weighted by molar-refractivity contribution is -0.136. The molecule has 136 valence electrons. The third-order valence-corrected chi connectivity index (χ3v) is 3.85. The van der Waals surface area contributed by atoms with Gasteiger partial charge in [-0.2, -0.15) is 13.2 Å².